The highest BCUT2D eigenvalue weighted by Crippen LogP contribution is 2.44. The molecular formula is C28H25N3O2S. The summed E-state index contributed by atoms with van der Waals surface area (Å²) in [5.41, 5.74) is 6.56. The Bertz CT molecular complexity index is 1600. The van der Waals surface area contributed by atoms with E-state index in [1.54, 1.807) is 30.5 Å². The molecule has 170 valence electrons. The first-order chi connectivity index (χ1) is 16.4. The van der Waals surface area contributed by atoms with Crippen LogP contribution in [0.3, 0.4) is 0 Å². The maximum Gasteiger partial charge on any atom is 0.263 e. The standard InChI is InChI=1S/C28H25N3O2S/c1-19-14-16-21(17-15-19)34(32,33)30-28-27(23-10-4-5-13-25(23)31(28)3)26-20(2)9-8-11-22(26)24-12-6-7-18-29-24/h4-18,30H,1-3H3. The van der Waals surface area contributed by atoms with Crippen molar-refractivity contribution in [3.63, 3.8) is 0 Å². The SMILES string of the molecule is Cc1ccc(S(=O)(=O)Nc2c(-c3c(C)cccc3-c3ccccn3)c3ccccc3n2C)cc1. The van der Waals surface area contributed by atoms with E-state index >= 15 is 0 Å². The molecule has 0 saturated carbocycles. The molecule has 0 aliphatic carbocycles. The summed E-state index contributed by atoms with van der Waals surface area (Å²) in [5, 5.41) is 0.970. The van der Waals surface area contributed by atoms with Gasteiger partial charge in [0.1, 0.15) is 5.82 Å². The van der Waals surface area contributed by atoms with Crippen LogP contribution >= 0.6 is 0 Å². The summed E-state index contributed by atoms with van der Waals surface area (Å²) in [7, 11) is -1.92. The van der Waals surface area contributed by atoms with Crippen molar-refractivity contribution in [1.29, 1.82) is 0 Å². The highest BCUT2D eigenvalue weighted by atomic mass is 32.2. The zero-order valence-electron chi connectivity index (χ0n) is 19.3. The number of para-hydroxylation sites is 1. The highest BCUT2D eigenvalue weighted by Gasteiger charge is 2.25. The molecule has 5 nitrogen and oxygen atoms in total. The Hall–Kier alpha value is -3.90. The molecule has 0 unspecified atom stereocenters. The second kappa shape index (κ2) is 8.47. The minimum atomic E-state index is -3.81. The van der Waals surface area contributed by atoms with Crippen molar-refractivity contribution in [1.82, 2.24) is 9.55 Å². The summed E-state index contributed by atoms with van der Waals surface area (Å²) in [6.07, 6.45) is 1.77. The number of sulfonamides is 1. The molecule has 0 atom stereocenters. The Morgan fingerprint density at radius 1 is 0.794 bits per heavy atom. The molecule has 0 bridgehead atoms. The molecule has 0 spiro atoms. The molecule has 6 heteroatoms. The fraction of sp³-hybridized carbons (Fsp3) is 0.107. The Morgan fingerprint density at radius 3 is 2.26 bits per heavy atom. The third kappa shape index (κ3) is 3.76. The zero-order valence-corrected chi connectivity index (χ0v) is 20.1. The number of fused-ring (bicyclic) bond motifs is 1. The van der Waals surface area contributed by atoms with Crippen molar-refractivity contribution in [3.8, 4) is 22.4 Å². The summed E-state index contributed by atoms with van der Waals surface area (Å²) in [4.78, 5) is 4.80. The molecule has 2 aromatic heterocycles. The summed E-state index contributed by atoms with van der Waals surface area (Å²) in [5.74, 6) is 0.522. The minimum absolute atomic E-state index is 0.226. The molecule has 1 N–H and O–H groups in total. The Kier molecular flexibility index (Phi) is 5.46. The molecule has 5 aromatic rings. The van der Waals surface area contributed by atoms with Crippen molar-refractivity contribution < 1.29 is 8.42 Å². The van der Waals surface area contributed by atoms with Gasteiger partial charge in [-0.2, -0.15) is 0 Å². The lowest BCUT2D eigenvalue weighted by Gasteiger charge is -2.16. The van der Waals surface area contributed by atoms with Gasteiger partial charge in [-0.3, -0.25) is 9.71 Å². The van der Waals surface area contributed by atoms with Crippen LogP contribution in [0.5, 0.6) is 0 Å². The van der Waals surface area contributed by atoms with E-state index in [-0.39, 0.29) is 4.90 Å². The number of anilines is 1. The van der Waals surface area contributed by atoms with E-state index in [2.05, 4.69) is 9.71 Å². The summed E-state index contributed by atoms with van der Waals surface area (Å²) in [6.45, 7) is 3.98. The number of aryl methyl sites for hydroxylation is 3. The summed E-state index contributed by atoms with van der Waals surface area (Å²) < 4.78 is 31.7. The molecule has 5 rings (SSSR count). The van der Waals surface area contributed by atoms with Gasteiger partial charge in [-0.05, 0) is 55.3 Å². The second-order valence-electron chi connectivity index (χ2n) is 8.43. The number of hydrogen-bond acceptors (Lipinski definition) is 3. The van der Waals surface area contributed by atoms with Gasteiger partial charge in [0.2, 0.25) is 0 Å². The van der Waals surface area contributed by atoms with Crippen molar-refractivity contribution in [2.24, 2.45) is 7.05 Å². The van der Waals surface area contributed by atoms with Gasteiger partial charge < -0.3 is 4.57 Å². The van der Waals surface area contributed by atoms with Crippen LogP contribution in [0.1, 0.15) is 11.1 Å². The van der Waals surface area contributed by atoms with Crippen LogP contribution in [0.25, 0.3) is 33.3 Å². The van der Waals surface area contributed by atoms with Gasteiger partial charge in [0.05, 0.1) is 16.1 Å². The minimum Gasteiger partial charge on any atom is -0.329 e. The van der Waals surface area contributed by atoms with Crippen LogP contribution in [0, 0.1) is 13.8 Å². The van der Waals surface area contributed by atoms with Gasteiger partial charge >= 0.3 is 0 Å². The Labute approximate surface area is 199 Å². The zero-order chi connectivity index (χ0) is 23.9. The van der Waals surface area contributed by atoms with E-state index in [9.17, 15) is 8.42 Å². The fourth-order valence-corrected chi connectivity index (χ4v) is 5.51. The smallest absolute Gasteiger partial charge is 0.263 e. The lowest BCUT2D eigenvalue weighted by Crippen LogP contribution is -2.16. The number of pyridine rings is 1. The van der Waals surface area contributed by atoms with Crippen LogP contribution < -0.4 is 4.72 Å². The topological polar surface area (TPSA) is 64.0 Å². The molecule has 3 aromatic carbocycles. The molecule has 0 fully saturated rings. The van der Waals surface area contributed by atoms with Crippen molar-refractivity contribution in [3.05, 3.63) is 102 Å². The largest absolute Gasteiger partial charge is 0.329 e. The van der Waals surface area contributed by atoms with E-state index < -0.39 is 10.0 Å². The first-order valence-electron chi connectivity index (χ1n) is 11.0. The van der Waals surface area contributed by atoms with E-state index in [0.717, 1.165) is 44.4 Å². The Balaban J connectivity index is 1.79. The van der Waals surface area contributed by atoms with Gasteiger partial charge in [0.15, 0.2) is 0 Å². The highest BCUT2D eigenvalue weighted by molar-refractivity contribution is 7.92. The van der Waals surface area contributed by atoms with Crippen molar-refractivity contribution in [2.45, 2.75) is 18.7 Å². The van der Waals surface area contributed by atoms with Crippen LogP contribution in [-0.2, 0) is 17.1 Å². The number of nitrogens with zero attached hydrogens (tertiary/aromatic N) is 2. The van der Waals surface area contributed by atoms with Gasteiger partial charge in [0, 0.05) is 29.8 Å². The lowest BCUT2D eigenvalue weighted by molar-refractivity contribution is 0.600. The molecule has 0 saturated heterocycles. The quantitative estimate of drug-likeness (QED) is 0.329. The maximum absolute atomic E-state index is 13.4. The lowest BCUT2D eigenvalue weighted by atomic mass is 9.92. The predicted molar refractivity (Wildman–Crippen MR) is 138 cm³/mol. The van der Waals surface area contributed by atoms with Crippen LogP contribution in [0.4, 0.5) is 5.82 Å². The third-order valence-electron chi connectivity index (χ3n) is 6.13. The second-order valence-corrected chi connectivity index (χ2v) is 10.1. The molecule has 0 amide bonds. The first kappa shape index (κ1) is 21.9. The van der Waals surface area contributed by atoms with Crippen molar-refractivity contribution >= 4 is 26.7 Å². The van der Waals surface area contributed by atoms with Gasteiger partial charge in [-0.1, -0.05) is 60.2 Å². The van der Waals surface area contributed by atoms with Crippen LogP contribution in [0.15, 0.2) is 96.0 Å². The molecule has 0 aliphatic heterocycles. The van der Waals surface area contributed by atoms with Crippen molar-refractivity contribution in [2.75, 3.05) is 4.72 Å². The number of hydrogen-bond donors (Lipinski definition) is 1. The fourth-order valence-electron chi connectivity index (χ4n) is 4.40. The molecule has 0 aliphatic rings. The van der Waals surface area contributed by atoms with Crippen LogP contribution in [-0.4, -0.2) is 18.0 Å². The number of aromatic nitrogens is 2. The maximum atomic E-state index is 13.4. The number of rotatable bonds is 5. The molecule has 0 radical (unpaired) electrons. The number of nitrogens with one attached hydrogen (secondary N) is 1. The van der Waals surface area contributed by atoms with Gasteiger partial charge in [0.25, 0.3) is 10.0 Å². The van der Waals surface area contributed by atoms with Crippen LogP contribution in [0.2, 0.25) is 0 Å². The summed E-state index contributed by atoms with van der Waals surface area (Å²) in [6, 6.07) is 26.7. The molecule has 2 heterocycles. The van der Waals surface area contributed by atoms with E-state index in [1.165, 1.54) is 0 Å². The number of benzene rings is 3. The van der Waals surface area contributed by atoms with E-state index in [0.29, 0.717) is 5.82 Å². The first-order valence-corrected chi connectivity index (χ1v) is 12.5. The predicted octanol–water partition coefficient (Wildman–Crippen LogP) is 6.32. The third-order valence-corrected chi connectivity index (χ3v) is 7.49. The normalized spacial score (nSPS) is 11.6. The molecular weight excluding hydrogens is 442 g/mol. The van der Waals surface area contributed by atoms with Gasteiger partial charge in [-0.25, -0.2) is 8.42 Å². The van der Waals surface area contributed by atoms with Gasteiger partial charge in [-0.15, -0.1) is 0 Å². The van der Waals surface area contributed by atoms with E-state index in [1.807, 2.05) is 86.1 Å². The average molecular weight is 468 g/mol. The Morgan fingerprint density at radius 2 is 1.53 bits per heavy atom. The summed E-state index contributed by atoms with van der Waals surface area (Å²) >= 11 is 0. The average Bonchev–Trinajstić information content (AvgIpc) is 3.10. The van der Waals surface area contributed by atoms with E-state index in [4.69, 9.17) is 0 Å². The molecule has 34 heavy (non-hydrogen) atoms. The monoisotopic (exact) mass is 467 g/mol.